The van der Waals surface area contributed by atoms with Crippen LogP contribution in [0.25, 0.3) is 11.0 Å². The highest BCUT2D eigenvalue weighted by atomic mass is 19.4. The van der Waals surface area contributed by atoms with E-state index in [1.54, 1.807) is 31.3 Å². The number of halogens is 3. The number of esters is 1. The molecule has 0 N–H and O–H groups in total. The van der Waals surface area contributed by atoms with E-state index in [9.17, 15) is 22.8 Å². The molecular weight excluding hydrogens is 361 g/mol. The molecule has 0 saturated carbocycles. The molecule has 27 heavy (non-hydrogen) atoms. The Kier molecular flexibility index (Phi) is 4.82. The largest absolute Gasteiger partial charge is 0.456 e. The van der Waals surface area contributed by atoms with Crippen LogP contribution in [-0.2, 0) is 29.3 Å². The summed E-state index contributed by atoms with van der Waals surface area (Å²) in [5.41, 5.74) is -0.205. The molecule has 0 amide bonds. The molecule has 2 aromatic carbocycles. The van der Waals surface area contributed by atoms with Crippen LogP contribution >= 0.6 is 0 Å². The lowest BCUT2D eigenvalue weighted by Crippen LogP contribution is -2.27. The average molecular weight is 378 g/mol. The predicted molar refractivity (Wildman–Crippen MR) is 93.1 cm³/mol. The Hall–Kier alpha value is -3.03. The number of aryl methyl sites for hydroxylation is 1. The van der Waals surface area contributed by atoms with Gasteiger partial charge in [-0.15, -0.1) is 0 Å². The van der Waals surface area contributed by atoms with Crippen molar-refractivity contribution in [2.75, 3.05) is 0 Å². The lowest BCUT2D eigenvalue weighted by molar-refractivity contribution is -0.152. The van der Waals surface area contributed by atoms with Crippen molar-refractivity contribution in [2.45, 2.75) is 25.7 Å². The third-order valence-corrected chi connectivity index (χ3v) is 4.35. The van der Waals surface area contributed by atoms with Gasteiger partial charge in [-0.3, -0.25) is 13.9 Å². The predicted octanol–water partition coefficient (Wildman–Crippen LogP) is 3.66. The van der Waals surface area contributed by atoms with E-state index in [0.29, 0.717) is 11.0 Å². The molecule has 0 spiro atoms. The second kappa shape index (κ2) is 6.94. The quantitative estimate of drug-likeness (QED) is 0.651. The third kappa shape index (κ3) is 3.60. The summed E-state index contributed by atoms with van der Waals surface area (Å²) in [6, 6.07) is 11.8. The van der Waals surface area contributed by atoms with Crippen LogP contribution in [0.15, 0.2) is 53.3 Å². The molecule has 142 valence electrons. The van der Waals surface area contributed by atoms with Gasteiger partial charge in [-0.25, -0.2) is 4.79 Å². The maximum Gasteiger partial charge on any atom is 0.416 e. The van der Waals surface area contributed by atoms with Gasteiger partial charge in [-0.2, -0.15) is 13.2 Å². The van der Waals surface area contributed by atoms with E-state index >= 15 is 0 Å². The molecule has 3 rings (SSSR count). The summed E-state index contributed by atoms with van der Waals surface area (Å²) in [7, 11) is 1.58. The van der Waals surface area contributed by atoms with Gasteiger partial charge in [0.2, 0.25) is 0 Å². The molecule has 1 heterocycles. The van der Waals surface area contributed by atoms with Crippen LogP contribution in [0.3, 0.4) is 0 Å². The molecule has 8 heteroatoms. The van der Waals surface area contributed by atoms with E-state index in [1.165, 1.54) is 34.3 Å². The lowest BCUT2D eigenvalue weighted by atomic mass is 10.0. The number of fused-ring (bicyclic) bond motifs is 1. The molecule has 0 aliphatic rings. The first-order valence-corrected chi connectivity index (χ1v) is 8.20. The monoisotopic (exact) mass is 378 g/mol. The fourth-order valence-electron chi connectivity index (χ4n) is 3.05. The number of benzene rings is 2. The number of alkyl halides is 3. The third-order valence-electron chi connectivity index (χ3n) is 4.35. The van der Waals surface area contributed by atoms with Crippen LogP contribution in [0.2, 0.25) is 0 Å². The van der Waals surface area contributed by atoms with Crippen LogP contribution in [0, 0.1) is 0 Å². The van der Waals surface area contributed by atoms with Crippen molar-refractivity contribution in [1.29, 1.82) is 0 Å². The van der Waals surface area contributed by atoms with E-state index < -0.39 is 36.0 Å². The summed E-state index contributed by atoms with van der Waals surface area (Å²) in [5.74, 6) is -0.794. The maximum absolute atomic E-state index is 13.1. The number of imidazole rings is 1. The van der Waals surface area contributed by atoms with Gasteiger partial charge in [0.25, 0.3) is 0 Å². The molecule has 0 radical (unpaired) electrons. The number of rotatable bonds is 4. The Labute approximate surface area is 152 Å². The zero-order valence-electron chi connectivity index (χ0n) is 14.7. The Morgan fingerprint density at radius 3 is 2.33 bits per heavy atom. The summed E-state index contributed by atoms with van der Waals surface area (Å²) < 4.78 is 47.2. The number of hydrogen-bond donors (Lipinski definition) is 0. The average Bonchev–Trinajstić information content (AvgIpc) is 2.86. The number of para-hydroxylation sites is 2. The van der Waals surface area contributed by atoms with E-state index in [0.717, 1.165) is 6.07 Å². The van der Waals surface area contributed by atoms with Crippen molar-refractivity contribution in [3.8, 4) is 0 Å². The van der Waals surface area contributed by atoms with Crippen LogP contribution in [0.5, 0.6) is 0 Å². The van der Waals surface area contributed by atoms with Gasteiger partial charge < -0.3 is 4.74 Å². The van der Waals surface area contributed by atoms with Crippen molar-refractivity contribution in [1.82, 2.24) is 9.13 Å². The molecule has 0 fully saturated rings. The van der Waals surface area contributed by atoms with Crippen LogP contribution in [0.4, 0.5) is 13.2 Å². The number of aromatic nitrogens is 2. The normalized spacial score (nSPS) is 12.9. The van der Waals surface area contributed by atoms with Gasteiger partial charge in [0.15, 0.2) is 0 Å². The highest BCUT2D eigenvalue weighted by Crippen LogP contribution is 2.35. The molecule has 0 aliphatic carbocycles. The van der Waals surface area contributed by atoms with E-state index in [-0.39, 0.29) is 5.56 Å². The van der Waals surface area contributed by atoms with Gasteiger partial charge >= 0.3 is 17.8 Å². The van der Waals surface area contributed by atoms with Gasteiger partial charge in [0.1, 0.15) is 12.6 Å². The molecule has 1 aromatic heterocycles. The van der Waals surface area contributed by atoms with Crippen molar-refractivity contribution in [2.24, 2.45) is 7.05 Å². The standard InChI is InChI=1S/C19H17F3N2O3/c1-12(13-7-3-4-8-14(13)19(20,21)22)27-17(25)11-24-16-10-6-5-9-15(16)23(2)18(24)26/h3-10,12H,11H2,1-2H3. The molecule has 1 unspecified atom stereocenters. The summed E-state index contributed by atoms with van der Waals surface area (Å²) in [6.07, 6.45) is -5.66. The number of carbonyl (C=O) groups is 1. The zero-order chi connectivity index (χ0) is 19.8. The molecule has 0 aliphatic heterocycles. The highest BCUT2D eigenvalue weighted by Gasteiger charge is 2.35. The second-order valence-corrected chi connectivity index (χ2v) is 6.13. The van der Waals surface area contributed by atoms with Crippen molar-refractivity contribution in [3.05, 3.63) is 70.1 Å². The van der Waals surface area contributed by atoms with Gasteiger partial charge in [0, 0.05) is 12.6 Å². The van der Waals surface area contributed by atoms with Crippen molar-refractivity contribution < 1.29 is 22.7 Å². The smallest absolute Gasteiger partial charge is 0.416 e. The topological polar surface area (TPSA) is 53.2 Å². The van der Waals surface area contributed by atoms with E-state index in [4.69, 9.17) is 4.74 Å². The fourth-order valence-corrected chi connectivity index (χ4v) is 3.05. The van der Waals surface area contributed by atoms with Crippen molar-refractivity contribution in [3.63, 3.8) is 0 Å². The Morgan fingerprint density at radius 1 is 1.07 bits per heavy atom. The summed E-state index contributed by atoms with van der Waals surface area (Å²) in [5, 5.41) is 0. The van der Waals surface area contributed by atoms with Crippen LogP contribution in [-0.4, -0.2) is 15.1 Å². The van der Waals surface area contributed by atoms with Crippen LogP contribution < -0.4 is 5.69 Å². The Morgan fingerprint density at radius 2 is 1.67 bits per heavy atom. The van der Waals surface area contributed by atoms with E-state index in [1.807, 2.05) is 0 Å². The molecule has 5 nitrogen and oxygen atoms in total. The maximum atomic E-state index is 13.1. The number of nitrogens with zero attached hydrogens (tertiary/aromatic N) is 2. The summed E-state index contributed by atoms with van der Waals surface area (Å²) >= 11 is 0. The van der Waals surface area contributed by atoms with Crippen molar-refractivity contribution >= 4 is 17.0 Å². The summed E-state index contributed by atoms with van der Waals surface area (Å²) in [6.45, 7) is 0.979. The molecule has 1 atom stereocenters. The van der Waals surface area contributed by atoms with Gasteiger partial charge in [-0.05, 0) is 25.1 Å². The molecule has 0 bridgehead atoms. The SMILES string of the molecule is CC(OC(=O)Cn1c(=O)n(C)c2ccccc21)c1ccccc1C(F)(F)F. The van der Waals surface area contributed by atoms with E-state index in [2.05, 4.69) is 0 Å². The fraction of sp³-hybridized carbons (Fsp3) is 0.263. The Balaban J connectivity index is 1.84. The van der Waals surface area contributed by atoms with Gasteiger partial charge in [-0.1, -0.05) is 30.3 Å². The van der Waals surface area contributed by atoms with Gasteiger partial charge in [0.05, 0.1) is 16.6 Å². The number of carbonyl (C=O) groups excluding carboxylic acids is 1. The molecule has 0 saturated heterocycles. The zero-order valence-corrected chi connectivity index (χ0v) is 14.7. The first-order chi connectivity index (χ1) is 12.7. The van der Waals surface area contributed by atoms with Crippen LogP contribution in [0.1, 0.15) is 24.2 Å². The number of ether oxygens (including phenoxy) is 1. The minimum absolute atomic E-state index is 0.136. The number of hydrogen-bond acceptors (Lipinski definition) is 3. The highest BCUT2D eigenvalue weighted by molar-refractivity contribution is 5.78. The minimum Gasteiger partial charge on any atom is -0.456 e. The first-order valence-electron chi connectivity index (χ1n) is 8.20. The minimum atomic E-state index is -4.55. The summed E-state index contributed by atoms with van der Waals surface area (Å²) in [4.78, 5) is 24.6. The lowest BCUT2D eigenvalue weighted by Gasteiger charge is -2.19. The molecular formula is C19H17F3N2O3. The Bertz CT molecular complexity index is 1050. The second-order valence-electron chi connectivity index (χ2n) is 6.13. The molecule has 3 aromatic rings. The first kappa shape index (κ1) is 18.8.